The Morgan fingerprint density at radius 3 is 2.23 bits per heavy atom. The number of para-hydroxylation sites is 1. The first-order valence-corrected chi connectivity index (χ1v) is 9.12. The molecule has 6 heteroatoms. The van der Waals surface area contributed by atoms with Crippen LogP contribution in [0.15, 0.2) is 51.8 Å². The maximum atomic E-state index is 12.1. The molecule has 2 aromatic rings. The molecule has 2 aromatic carbocycles. The number of ether oxygens (including phenoxy) is 1. The van der Waals surface area contributed by atoms with Crippen LogP contribution in [0.3, 0.4) is 0 Å². The van der Waals surface area contributed by atoms with Crippen molar-refractivity contribution in [2.24, 2.45) is 0 Å². The Morgan fingerprint density at radius 2 is 1.64 bits per heavy atom. The van der Waals surface area contributed by atoms with Crippen LogP contribution in [-0.2, 0) is 10.0 Å². The molecular weight excluding hydrogens is 366 g/mol. The van der Waals surface area contributed by atoms with Crippen LogP contribution in [0.1, 0.15) is 11.1 Å². The second-order valence-corrected chi connectivity index (χ2v) is 7.60. The highest BCUT2D eigenvalue weighted by atomic mass is 79.9. The number of benzene rings is 2. The van der Waals surface area contributed by atoms with Crippen molar-refractivity contribution in [2.45, 2.75) is 18.7 Å². The fraction of sp³-hybridized carbons (Fsp3) is 0.250. The molecule has 4 nitrogen and oxygen atoms in total. The van der Waals surface area contributed by atoms with Gasteiger partial charge in [0.2, 0.25) is 10.0 Å². The Kier molecular flexibility index (Phi) is 5.61. The molecular formula is C16H18BrNO3S. The summed E-state index contributed by atoms with van der Waals surface area (Å²) >= 11 is 3.28. The zero-order valence-corrected chi connectivity index (χ0v) is 14.9. The van der Waals surface area contributed by atoms with Gasteiger partial charge in [0.05, 0.1) is 4.90 Å². The van der Waals surface area contributed by atoms with Gasteiger partial charge in [0.25, 0.3) is 0 Å². The van der Waals surface area contributed by atoms with Crippen molar-refractivity contribution in [3.63, 3.8) is 0 Å². The summed E-state index contributed by atoms with van der Waals surface area (Å²) in [4.78, 5) is 0.239. The summed E-state index contributed by atoms with van der Waals surface area (Å²) in [5.41, 5.74) is 2.08. The van der Waals surface area contributed by atoms with Crippen molar-refractivity contribution in [2.75, 3.05) is 13.2 Å². The quantitative estimate of drug-likeness (QED) is 0.777. The van der Waals surface area contributed by atoms with Gasteiger partial charge in [-0.1, -0.05) is 34.1 Å². The molecule has 0 atom stereocenters. The Balaban J connectivity index is 1.92. The molecule has 0 saturated heterocycles. The second kappa shape index (κ2) is 7.26. The SMILES string of the molecule is Cc1cccc(C)c1OCCNS(=O)(=O)c1ccc(Br)cc1. The number of hydrogen-bond acceptors (Lipinski definition) is 3. The number of aryl methyl sites for hydroxylation is 2. The van der Waals surface area contributed by atoms with Crippen LogP contribution in [0.25, 0.3) is 0 Å². The lowest BCUT2D eigenvalue weighted by Gasteiger charge is -2.12. The zero-order chi connectivity index (χ0) is 16.2. The number of rotatable bonds is 6. The highest BCUT2D eigenvalue weighted by Crippen LogP contribution is 2.22. The molecule has 0 aromatic heterocycles. The Morgan fingerprint density at radius 1 is 1.05 bits per heavy atom. The normalized spacial score (nSPS) is 11.4. The highest BCUT2D eigenvalue weighted by Gasteiger charge is 2.13. The van der Waals surface area contributed by atoms with Crippen LogP contribution in [0, 0.1) is 13.8 Å². The first-order valence-electron chi connectivity index (χ1n) is 6.84. The molecule has 1 N–H and O–H groups in total. The van der Waals surface area contributed by atoms with Crippen LogP contribution in [0.4, 0.5) is 0 Å². The van der Waals surface area contributed by atoms with Crippen molar-refractivity contribution >= 4 is 26.0 Å². The van der Waals surface area contributed by atoms with Gasteiger partial charge in [0.1, 0.15) is 12.4 Å². The summed E-state index contributed by atoms with van der Waals surface area (Å²) in [5, 5.41) is 0. The average molecular weight is 384 g/mol. The average Bonchev–Trinajstić information content (AvgIpc) is 2.46. The second-order valence-electron chi connectivity index (χ2n) is 4.92. The van der Waals surface area contributed by atoms with E-state index in [4.69, 9.17) is 4.74 Å². The predicted molar refractivity (Wildman–Crippen MR) is 90.7 cm³/mol. The van der Waals surface area contributed by atoms with Crippen LogP contribution >= 0.6 is 15.9 Å². The standard InChI is InChI=1S/C16H18BrNO3S/c1-12-4-3-5-13(2)16(12)21-11-10-18-22(19,20)15-8-6-14(17)7-9-15/h3-9,18H,10-11H2,1-2H3. The summed E-state index contributed by atoms with van der Waals surface area (Å²) in [5.74, 6) is 0.810. The van der Waals surface area contributed by atoms with Crippen molar-refractivity contribution in [3.05, 3.63) is 58.1 Å². The Bertz CT molecular complexity index is 722. The summed E-state index contributed by atoms with van der Waals surface area (Å²) < 4.78 is 33.3. The van der Waals surface area contributed by atoms with E-state index in [1.54, 1.807) is 24.3 Å². The van der Waals surface area contributed by atoms with Crippen molar-refractivity contribution in [3.8, 4) is 5.75 Å². The van der Waals surface area contributed by atoms with Crippen molar-refractivity contribution < 1.29 is 13.2 Å². The predicted octanol–water partition coefficient (Wildman–Crippen LogP) is 3.42. The summed E-state index contributed by atoms with van der Waals surface area (Å²) in [7, 11) is -3.50. The number of halogens is 1. The minimum atomic E-state index is -3.50. The third-order valence-corrected chi connectivity index (χ3v) is 5.18. The van der Waals surface area contributed by atoms with Crippen LogP contribution in [0.5, 0.6) is 5.75 Å². The Labute approximate surface area is 139 Å². The van der Waals surface area contributed by atoms with Crippen molar-refractivity contribution in [1.29, 1.82) is 0 Å². The number of sulfonamides is 1. The molecule has 0 aliphatic carbocycles. The molecule has 0 fully saturated rings. The van der Waals surface area contributed by atoms with Crippen LogP contribution < -0.4 is 9.46 Å². The van der Waals surface area contributed by atoms with E-state index in [1.807, 2.05) is 32.0 Å². The largest absolute Gasteiger partial charge is 0.492 e. The van der Waals surface area contributed by atoms with E-state index in [2.05, 4.69) is 20.7 Å². The van der Waals surface area contributed by atoms with Crippen LogP contribution in [0.2, 0.25) is 0 Å². The van der Waals surface area contributed by atoms with E-state index in [0.717, 1.165) is 21.3 Å². The van der Waals surface area contributed by atoms with E-state index >= 15 is 0 Å². The van der Waals surface area contributed by atoms with Gasteiger partial charge in [0, 0.05) is 11.0 Å². The van der Waals surface area contributed by atoms with E-state index < -0.39 is 10.0 Å². The fourth-order valence-corrected chi connectivity index (χ4v) is 3.33. The molecule has 0 aliphatic heterocycles. The molecule has 118 valence electrons. The molecule has 0 bridgehead atoms. The van der Waals surface area contributed by atoms with Gasteiger partial charge in [-0.3, -0.25) is 0 Å². The topological polar surface area (TPSA) is 55.4 Å². The molecule has 0 spiro atoms. The maximum absolute atomic E-state index is 12.1. The molecule has 0 unspecified atom stereocenters. The van der Waals surface area contributed by atoms with Gasteiger partial charge >= 0.3 is 0 Å². The lowest BCUT2D eigenvalue weighted by Crippen LogP contribution is -2.28. The lowest BCUT2D eigenvalue weighted by atomic mass is 10.1. The van der Waals surface area contributed by atoms with Gasteiger partial charge in [-0.2, -0.15) is 0 Å². The van der Waals surface area contributed by atoms with E-state index in [9.17, 15) is 8.42 Å². The molecule has 22 heavy (non-hydrogen) atoms. The summed E-state index contributed by atoms with van der Waals surface area (Å²) in [6.07, 6.45) is 0. The minimum absolute atomic E-state index is 0.214. The third kappa shape index (κ3) is 4.32. The molecule has 0 radical (unpaired) electrons. The first-order chi connectivity index (χ1) is 10.4. The smallest absolute Gasteiger partial charge is 0.240 e. The third-order valence-electron chi connectivity index (χ3n) is 3.17. The molecule has 2 rings (SSSR count). The van der Waals surface area contributed by atoms with Crippen molar-refractivity contribution in [1.82, 2.24) is 4.72 Å². The molecule has 0 amide bonds. The number of nitrogens with one attached hydrogen (secondary N) is 1. The molecule has 0 heterocycles. The van der Waals surface area contributed by atoms with Gasteiger partial charge in [-0.05, 0) is 49.2 Å². The summed E-state index contributed by atoms with van der Waals surface area (Å²) in [6.45, 7) is 4.43. The van der Waals surface area contributed by atoms with Gasteiger partial charge in [-0.25, -0.2) is 13.1 Å². The molecule has 0 saturated carbocycles. The van der Waals surface area contributed by atoms with E-state index in [-0.39, 0.29) is 18.0 Å². The van der Waals surface area contributed by atoms with E-state index in [1.165, 1.54) is 0 Å². The van der Waals surface area contributed by atoms with Gasteiger partial charge in [0.15, 0.2) is 0 Å². The van der Waals surface area contributed by atoms with Gasteiger partial charge in [-0.15, -0.1) is 0 Å². The minimum Gasteiger partial charge on any atom is -0.492 e. The zero-order valence-electron chi connectivity index (χ0n) is 12.5. The maximum Gasteiger partial charge on any atom is 0.240 e. The van der Waals surface area contributed by atoms with Gasteiger partial charge < -0.3 is 4.74 Å². The Hall–Kier alpha value is -1.37. The monoisotopic (exact) mass is 383 g/mol. The van der Waals surface area contributed by atoms with E-state index in [0.29, 0.717) is 0 Å². The lowest BCUT2D eigenvalue weighted by molar-refractivity contribution is 0.318. The summed E-state index contributed by atoms with van der Waals surface area (Å²) in [6, 6.07) is 12.4. The highest BCUT2D eigenvalue weighted by molar-refractivity contribution is 9.10. The molecule has 0 aliphatic rings. The fourth-order valence-electron chi connectivity index (χ4n) is 2.05. The van der Waals surface area contributed by atoms with Crippen LogP contribution in [-0.4, -0.2) is 21.6 Å². The first kappa shape index (κ1) is 17.0. The number of hydrogen-bond donors (Lipinski definition) is 1.